The summed E-state index contributed by atoms with van der Waals surface area (Å²) in [6.07, 6.45) is 1.37. The van der Waals surface area contributed by atoms with E-state index < -0.39 is 48.0 Å². The van der Waals surface area contributed by atoms with Gasteiger partial charge in [-0.3, -0.25) is 19.2 Å². The summed E-state index contributed by atoms with van der Waals surface area (Å²) in [5.41, 5.74) is 0.394. The van der Waals surface area contributed by atoms with Gasteiger partial charge < -0.3 is 20.2 Å². The number of amides is 3. The van der Waals surface area contributed by atoms with E-state index in [1.54, 1.807) is 0 Å². The van der Waals surface area contributed by atoms with Gasteiger partial charge in [-0.05, 0) is 48.7 Å². The van der Waals surface area contributed by atoms with E-state index in [-0.39, 0.29) is 30.5 Å². The molecule has 2 unspecified atom stereocenters. The topological polar surface area (TPSA) is 107 Å². The molecule has 3 amide bonds. The number of hydrogen-bond acceptors (Lipinski definition) is 4. The lowest BCUT2D eigenvalue weighted by molar-refractivity contribution is -0.145. The Morgan fingerprint density at radius 2 is 1.61 bits per heavy atom. The quantitative estimate of drug-likeness (QED) is 0.609. The Morgan fingerprint density at radius 3 is 2.25 bits per heavy atom. The predicted octanol–water partition coefficient (Wildman–Crippen LogP) is 3.10. The maximum absolute atomic E-state index is 13.8. The molecule has 2 aliphatic rings. The number of hydrogen-bond donors (Lipinski definition) is 2. The Kier molecular flexibility index (Phi) is 7.61. The van der Waals surface area contributed by atoms with E-state index in [1.807, 2.05) is 0 Å². The van der Waals surface area contributed by atoms with Crippen LogP contribution in [-0.4, -0.2) is 57.9 Å². The molecule has 2 fully saturated rings. The molecule has 8 nitrogen and oxygen atoms in total. The molecule has 2 aromatic carbocycles. The van der Waals surface area contributed by atoms with Crippen molar-refractivity contribution in [1.29, 1.82) is 0 Å². The molecule has 1 saturated heterocycles. The van der Waals surface area contributed by atoms with Crippen molar-refractivity contribution in [2.45, 2.75) is 44.3 Å². The largest absolute Gasteiger partial charge is 0.481 e. The van der Waals surface area contributed by atoms with Gasteiger partial charge in [-0.2, -0.15) is 0 Å². The number of carboxylic acids is 1. The highest BCUT2D eigenvalue weighted by Crippen LogP contribution is 2.30. The molecular weight excluding hydrogens is 472 g/mol. The molecule has 1 aliphatic heterocycles. The Balaban J connectivity index is 1.64. The summed E-state index contributed by atoms with van der Waals surface area (Å²) in [5, 5.41) is 12.0. The molecular formula is C26H27F2N3O5. The maximum atomic E-state index is 13.8. The molecule has 2 N–H and O–H groups in total. The number of aliphatic carboxylic acids is 1. The molecule has 0 spiro atoms. The van der Waals surface area contributed by atoms with Gasteiger partial charge in [0.15, 0.2) is 6.17 Å². The summed E-state index contributed by atoms with van der Waals surface area (Å²) in [5.74, 6) is -4.17. The van der Waals surface area contributed by atoms with Crippen LogP contribution >= 0.6 is 0 Å². The first kappa shape index (κ1) is 25.3. The molecule has 0 bridgehead atoms. The first-order valence-corrected chi connectivity index (χ1v) is 11.9. The van der Waals surface area contributed by atoms with Gasteiger partial charge in [0, 0.05) is 24.6 Å². The SMILES string of the molecule is O=C(O)CC(NC(=O)C1N(C(=O)c2cccc(F)c2)CCN1C(=O)C1CCCC1)c1ccc(F)cc1. The van der Waals surface area contributed by atoms with Gasteiger partial charge >= 0.3 is 5.97 Å². The van der Waals surface area contributed by atoms with Crippen molar-refractivity contribution < 1.29 is 33.1 Å². The summed E-state index contributed by atoms with van der Waals surface area (Å²) in [4.78, 5) is 54.2. The van der Waals surface area contributed by atoms with Gasteiger partial charge in [0.1, 0.15) is 11.6 Å². The fourth-order valence-corrected chi connectivity index (χ4v) is 4.92. The number of rotatable bonds is 7. The lowest BCUT2D eigenvalue weighted by Gasteiger charge is -2.32. The Hall–Kier alpha value is -3.82. The molecule has 2 atom stereocenters. The van der Waals surface area contributed by atoms with E-state index in [9.17, 15) is 33.1 Å². The molecule has 4 rings (SSSR count). The number of nitrogens with zero attached hydrogens (tertiary/aromatic N) is 2. The average molecular weight is 500 g/mol. The number of nitrogens with one attached hydrogen (secondary N) is 1. The first-order valence-electron chi connectivity index (χ1n) is 11.9. The normalized spacial score (nSPS) is 18.8. The number of benzene rings is 2. The van der Waals surface area contributed by atoms with Crippen LogP contribution < -0.4 is 5.32 Å². The highest BCUT2D eigenvalue weighted by molar-refractivity contribution is 5.99. The van der Waals surface area contributed by atoms with E-state index in [1.165, 1.54) is 40.1 Å². The highest BCUT2D eigenvalue weighted by Gasteiger charge is 2.45. The minimum atomic E-state index is -1.33. The van der Waals surface area contributed by atoms with Crippen molar-refractivity contribution in [2.75, 3.05) is 13.1 Å². The predicted molar refractivity (Wildman–Crippen MR) is 124 cm³/mol. The third-order valence-electron chi connectivity index (χ3n) is 6.69. The third-order valence-corrected chi connectivity index (χ3v) is 6.69. The van der Waals surface area contributed by atoms with Crippen LogP contribution in [0.25, 0.3) is 0 Å². The minimum Gasteiger partial charge on any atom is -0.481 e. The standard InChI is InChI=1S/C26H27F2N3O5/c27-19-10-8-16(9-11-19)21(15-22(32)33)29-23(34)24-30(25(35)17-4-1-2-5-17)12-13-31(24)26(36)18-6-3-7-20(28)14-18/h3,6-11,14,17,21,24H,1-2,4-5,12-13,15H2,(H,29,34)(H,32,33). The van der Waals surface area contributed by atoms with Crippen LogP contribution in [0.4, 0.5) is 8.78 Å². The summed E-state index contributed by atoms with van der Waals surface area (Å²) >= 11 is 0. The second kappa shape index (κ2) is 10.8. The highest BCUT2D eigenvalue weighted by atomic mass is 19.1. The smallest absolute Gasteiger partial charge is 0.305 e. The molecule has 1 saturated carbocycles. The monoisotopic (exact) mass is 499 g/mol. The van der Waals surface area contributed by atoms with Crippen LogP contribution in [0.5, 0.6) is 0 Å². The second-order valence-electron chi connectivity index (χ2n) is 9.11. The van der Waals surface area contributed by atoms with Gasteiger partial charge in [-0.25, -0.2) is 8.78 Å². The van der Waals surface area contributed by atoms with Gasteiger partial charge in [-0.15, -0.1) is 0 Å². The van der Waals surface area contributed by atoms with Crippen molar-refractivity contribution in [1.82, 2.24) is 15.1 Å². The van der Waals surface area contributed by atoms with Gasteiger partial charge in [0.2, 0.25) is 5.91 Å². The molecule has 1 aliphatic carbocycles. The van der Waals surface area contributed by atoms with Crippen LogP contribution in [-0.2, 0) is 14.4 Å². The zero-order chi connectivity index (χ0) is 25.8. The lowest BCUT2D eigenvalue weighted by atomic mass is 10.0. The van der Waals surface area contributed by atoms with E-state index in [4.69, 9.17) is 0 Å². The number of carboxylic acid groups (broad SMARTS) is 1. The number of carbonyl (C=O) groups is 4. The molecule has 36 heavy (non-hydrogen) atoms. The second-order valence-corrected chi connectivity index (χ2v) is 9.11. The molecule has 190 valence electrons. The molecule has 10 heteroatoms. The zero-order valence-electron chi connectivity index (χ0n) is 19.5. The van der Waals surface area contributed by atoms with E-state index >= 15 is 0 Å². The van der Waals surface area contributed by atoms with Crippen LogP contribution in [0.1, 0.15) is 54.1 Å². The molecule has 1 heterocycles. The summed E-state index contributed by atoms with van der Waals surface area (Å²) in [7, 11) is 0. The van der Waals surface area contributed by atoms with Gasteiger partial charge in [0.05, 0.1) is 12.5 Å². The maximum Gasteiger partial charge on any atom is 0.305 e. The average Bonchev–Trinajstić information content (AvgIpc) is 3.53. The zero-order valence-corrected chi connectivity index (χ0v) is 19.5. The Morgan fingerprint density at radius 1 is 0.944 bits per heavy atom. The van der Waals surface area contributed by atoms with Gasteiger partial charge in [-0.1, -0.05) is 31.0 Å². The van der Waals surface area contributed by atoms with Crippen molar-refractivity contribution >= 4 is 23.7 Å². The van der Waals surface area contributed by atoms with Crippen molar-refractivity contribution in [3.63, 3.8) is 0 Å². The first-order chi connectivity index (χ1) is 17.2. The Labute approximate surface area is 206 Å². The van der Waals surface area contributed by atoms with Crippen LogP contribution in [0, 0.1) is 17.6 Å². The van der Waals surface area contributed by atoms with E-state index in [2.05, 4.69) is 5.32 Å². The molecule has 0 aromatic heterocycles. The Bertz CT molecular complexity index is 1150. The van der Waals surface area contributed by atoms with Crippen LogP contribution in [0.15, 0.2) is 48.5 Å². The molecule has 2 aromatic rings. The van der Waals surface area contributed by atoms with Gasteiger partial charge in [0.25, 0.3) is 11.8 Å². The van der Waals surface area contributed by atoms with Crippen LogP contribution in [0.2, 0.25) is 0 Å². The van der Waals surface area contributed by atoms with Crippen molar-refractivity contribution in [2.24, 2.45) is 5.92 Å². The summed E-state index contributed by atoms with van der Waals surface area (Å²) < 4.78 is 27.2. The fourth-order valence-electron chi connectivity index (χ4n) is 4.92. The summed E-state index contributed by atoms with van der Waals surface area (Å²) in [6, 6.07) is 9.09. The summed E-state index contributed by atoms with van der Waals surface area (Å²) in [6.45, 7) is 0.181. The fraction of sp³-hybridized carbons (Fsp3) is 0.385. The van der Waals surface area contributed by atoms with E-state index in [0.717, 1.165) is 31.0 Å². The minimum absolute atomic E-state index is 0.0311. The van der Waals surface area contributed by atoms with Crippen molar-refractivity contribution in [3.05, 3.63) is 71.3 Å². The van der Waals surface area contributed by atoms with E-state index in [0.29, 0.717) is 18.4 Å². The number of carbonyl (C=O) groups excluding carboxylic acids is 3. The van der Waals surface area contributed by atoms with Crippen LogP contribution in [0.3, 0.4) is 0 Å². The third kappa shape index (κ3) is 5.53. The number of halogens is 2. The lowest BCUT2D eigenvalue weighted by Crippen LogP contribution is -2.55. The van der Waals surface area contributed by atoms with Crippen molar-refractivity contribution in [3.8, 4) is 0 Å². The molecule has 0 radical (unpaired) electrons.